The third-order valence-electron chi connectivity index (χ3n) is 4.60. The molecule has 3 fully saturated rings. The van der Waals surface area contributed by atoms with Crippen LogP contribution in [-0.2, 0) is 14.4 Å². The van der Waals surface area contributed by atoms with Crippen LogP contribution in [0, 0.1) is 5.92 Å². The number of nitrogens with zero attached hydrogens (tertiary/aromatic N) is 2. The number of hydrogen-bond donors (Lipinski definition) is 0. The van der Waals surface area contributed by atoms with E-state index in [1.807, 2.05) is 5.06 Å². The first-order chi connectivity index (χ1) is 8.50. The Balaban J connectivity index is 1.99. The molecule has 0 aromatic carbocycles. The average Bonchev–Trinajstić information content (AvgIpc) is 2.78. The summed E-state index contributed by atoms with van der Waals surface area (Å²) in [5.74, 6) is -0.629. The van der Waals surface area contributed by atoms with Gasteiger partial charge < -0.3 is 0 Å². The van der Waals surface area contributed by atoms with Gasteiger partial charge in [0.05, 0.1) is 11.5 Å². The number of likely N-dealkylation sites (tertiary alicyclic amines) is 1. The van der Waals surface area contributed by atoms with Gasteiger partial charge in [-0.05, 0) is 26.2 Å². The van der Waals surface area contributed by atoms with Crippen molar-refractivity contribution in [1.29, 1.82) is 0 Å². The van der Waals surface area contributed by atoms with Gasteiger partial charge in [-0.25, -0.2) is 0 Å². The lowest BCUT2D eigenvalue weighted by Gasteiger charge is -2.44. The predicted octanol–water partition coefficient (Wildman–Crippen LogP) is 0.923. The maximum atomic E-state index is 12.2. The number of likely N-dealkylation sites (N-methyl/N-ethyl adjacent to an activating group) is 1. The summed E-state index contributed by atoms with van der Waals surface area (Å²) in [6.45, 7) is 2.05. The highest BCUT2D eigenvalue weighted by molar-refractivity contribution is 9.09. The number of carbonyl (C=O) groups is 2. The Morgan fingerprint density at radius 3 is 2.83 bits per heavy atom. The zero-order valence-electron chi connectivity index (χ0n) is 10.6. The van der Waals surface area contributed by atoms with Gasteiger partial charge in [-0.1, -0.05) is 15.9 Å². The summed E-state index contributed by atoms with van der Waals surface area (Å²) < 4.78 is 0. The molecule has 4 atom stereocenters. The number of hydroxylamine groups is 2. The lowest BCUT2D eigenvalue weighted by atomic mass is 9.76. The number of rotatable bonds is 1. The number of halogens is 1. The molecular weight excluding hydrogens is 300 g/mol. The van der Waals surface area contributed by atoms with Gasteiger partial charge in [0.15, 0.2) is 6.10 Å². The van der Waals surface area contributed by atoms with Crippen LogP contribution in [0.1, 0.15) is 26.2 Å². The highest BCUT2D eigenvalue weighted by Gasteiger charge is 2.65. The molecule has 3 rings (SSSR count). The summed E-state index contributed by atoms with van der Waals surface area (Å²) in [6.07, 6.45) is 2.41. The minimum atomic E-state index is -0.604. The fourth-order valence-electron chi connectivity index (χ4n) is 3.58. The molecule has 0 radical (unpaired) electrons. The minimum Gasteiger partial charge on any atom is -0.284 e. The molecular formula is C12H17BrN2O3. The predicted molar refractivity (Wildman–Crippen MR) is 67.8 cm³/mol. The third kappa shape index (κ3) is 1.39. The summed E-state index contributed by atoms with van der Waals surface area (Å²) in [4.78, 5) is 31.3. The van der Waals surface area contributed by atoms with E-state index in [9.17, 15) is 9.59 Å². The summed E-state index contributed by atoms with van der Waals surface area (Å²) in [5, 5.41) is 2.73. The van der Waals surface area contributed by atoms with Crippen molar-refractivity contribution in [2.75, 3.05) is 12.4 Å². The van der Waals surface area contributed by atoms with Gasteiger partial charge in [0.1, 0.15) is 0 Å². The second-order valence-electron chi connectivity index (χ2n) is 5.62. The van der Waals surface area contributed by atoms with Crippen molar-refractivity contribution in [3.05, 3.63) is 0 Å². The SMILES string of the molecule is CN1C(=O)[C@H]2ON3[C@@H](CBr)CCC[C@]3(C)[C@H]2C1=O. The Labute approximate surface area is 115 Å². The number of alkyl halides is 1. The van der Waals surface area contributed by atoms with E-state index in [4.69, 9.17) is 4.84 Å². The molecule has 2 amide bonds. The van der Waals surface area contributed by atoms with Gasteiger partial charge in [-0.15, -0.1) is 0 Å². The van der Waals surface area contributed by atoms with Gasteiger partial charge in [-0.3, -0.25) is 19.3 Å². The van der Waals surface area contributed by atoms with Crippen LogP contribution in [0.3, 0.4) is 0 Å². The lowest BCUT2D eigenvalue weighted by Crippen LogP contribution is -2.55. The molecule has 0 aliphatic carbocycles. The maximum Gasteiger partial charge on any atom is 0.261 e. The second-order valence-corrected chi connectivity index (χ2v) is 6.27. The van der Waals surface area contributed by atoms with Crippen LogP contribution in [0.15, 0.2) is 0 Å². The van der Waals surface area contributed by atoms with Crippen LogP contribution in [-0.4, -0.2) is 51.8 Å². The lowest BCUT2D eigenvalue weighted by molar-refractivity contribution is -0.221. The first-order valence-electron chi connectivity index (χ1n) is 6.34. The van der Waals surface area contributed by atoms with E-state index in [0.717, 1.165) is 24.6 Å². The topological polar surface area (TPSA) is 49.9 Å². The number of amides is 2. The molecule has 3 aliphatic rings. The fraction of sp³-hybridized carbons (Fsp3) is 0.833. The largest absolute Gasteiger partial charge is 0.284 e. The van der Waals surface area contributed by atoms with E-state index in [1.165, 1.54) is 4.90 Å². The van der Waals surface area contributed by atoms with E-state index in [1.54, 1.807) is 7.05 Å². The first-order valence-corrected chi connectivity index (χ1v) is 7.46. The monoisotopic (exact) mass is 316 g/mol. The molecule has 18 heavy (non-hydrogen) atoms. The molecule has 3 saturated heterocycles. The Hall–Kier alpha value is -0.460. The molecule has 0 saturated carbocycles. The number of hydrogen-bond acceptors (Lipinski definition) is 4. The van der Waals surface area contributed by atoms with Gasteiger partial charge in [0, 0.05) is 18.4 Å². The smallest absolute Gasteiger partial charge is 0.261 e. The normalized spacial score (nSPS) is 44.4. The maximum absolute atomic E-state index is 12.2. The van der Waals surface area contributed by atoms with Gasteiger partial charge in [0.25, 0.3) is 5.91 Å². The highest BCUT2D eigenvalue weighted by atomic mass is 79.9. The Bertz CT molecular complexity index is 416. The highest BCUT2D eigenvalue weighted by Crippen LogP contribution is 2.49. The molecule has 0 bridgehead atoms. The zero-order valence-corrected chi connectivity index (χ0v) is 12.1. The van der Waals surface area contributed by atoms with Crippen molar-refractivity contribution in [3.63, 3.8) is 0 Å². The summed E-state index contributed by atoms with van der Waals surface area (Å²) in [7, 11) is 1.55. The van der Waals surface area contributed by atoms with Crippen LogP contribution in [0.2, 0.25) is 0 Å². The molecule has 5 nitrogen and oxygen atoms in total. The molecule has 3 heterocycles. The van der Waals surface area contributed by atoms with E-state index in [0.29, 0.717) is 0 Å². The van der Waals surface area contributed by atoms with Gasteiger partial charge in [0.2, 0.25) is 5.91 Å². The second kappa shape index (κ2) is 4.02. The summed E-state index contributed by atoms with van der Waals surface area (Å²) >= 11 is 3.49. The van der Waals surface area contributed by atoms with Crippen LogP contribution in [0.4, 0.5) is 0 Å². The quantitative estimate of drug-likeness (QED) is 0.533. The summed E-state index contributed by atoms with van der Waals surface area (Å²) in [5.41, 5.74) is -0.334. The molecule has 3 aliphatic heterocycles. The molecule has 100 valence electrons. The molecule has 6 heteroatoms. The van der Waals surface area contributed by atoms with Crippen LogP contribution >= 0.6 is 15.9 Å². The van der Waals surface area contributed by atoms with Crippen molar-refractivity contribution >= 4 is 27.7 Å². The number of fused-ring (bicyclic) bond motifs is 3. The van der Waals surface area contributed by atoms with Crippen molar-refractivity contribution in [3.8, 4) is 0 Å². The van der Waals surface area contributed by atoms with Crippen molar-refractivity contribution in [2.45, 2.75) is 43.9 Å². The zero-order chi connectivity index (χ0) is 13.1. The molecule has 0 unspecified atom stereocenters. The molecule has 0 spiro atoms. The van der Waals surface area contributed by atoms with Gasteiger partial charge >= 0.3 is 0 Å². The Morgan fingerprint density at radius 1 is 1.44 bits per heavy atom. The Morgan fingerprint density at radius 2 is 2.17 bits per heavy atom. The van der Waals surface area contributed by atoms with Crippen LogP contribution in [0.5, 0.6) is 0 Å². The minimum absolute atomic E-state index is 0.0924. The number of imide groups is 1. The molecule has 0 N–H and O–H groups in total. The first kappa shape index (κ1) is 12.6. The molecule has 0 aromatic heterocycles. The van der Waals surface area contributed by atoms with Gasteiger partial charge in [-0.2, -0.15) is 5.06 Å². The number of piperidine rings is 1. The molecule has 0 aromatic rings. The van der Waals surface area contributed by atoms with E-state index < -0.39 is 6.10 Å². The average molecular weight is 317 g/mol. The Kier molecular flexibility index (Phi) is 2.80. The fourth-order valence-corrected chi connectivity index (χ4v) is 4.17. The van der Waals surface area contributed by atoms with Crippen molar-refractivity contribution < 1.29 is 14.4 Å². The van der Waals surface area contributed by atoms with Crippen LogP contribution in [0.25, 0.3) is 0 Å². The summed E-state index contributed by atoms with van der Waals surface area (Å²) in [6, 6.07) is 0.250. The standard InChI is InChI=1S/C12H17BrN2O3/c1-12-5-3-4-7(6-13)15(12)18-9-8(12)10(16)14(2)11(9)17/h7-9H,3-6H2,1-2H3/t7-,8-,9+,12-/m1/s1. The van der Waals surface area contributed by atoms with E-state index in [-0.39, 0.29) is 29.3 Å². The van der Waals surface area contributed by atoms with Crippen molar-refractivity contribution in [2.24, 2.45) is 5.92 Å². The van der Waals surface area contributed by atoms with E-state index in [2.05, 4.69) is 22.9 Å². The van der Waals surface area contributed by atoms with E-state index >= 15 is 0 Å². The third-order valence-corrected chi connectivity index (χ3v) is 5.35. The van der Waals surface area contributed by atoms with Crippen LogP contribution < -0.4 is 0 Å². The van der Waals surface area contributed by atoms with Crippen molar-refractivity contribution in [1.82, 2.24) is 9.96 Å². The number of carbonyl (C=O) groups excluding carboxylic acids is 2.